The second kappa shape index (κ2) is 21.6. The summed E-state index contributed by atoms with van der Waals surface area (Å²) in [6, 6.07) is 0. The largest absolute Gasteiger partial charge is 2.00 e. The molecule has 3 radical (unpaired) electrons. The van der Waals surface area contributed by atoms with E-state index < -0.39 is 30.4 Å². The summed E-state index contributed by atoms with van der Waals surface area (Å²) in [5, 5.41) is 0. The van der Waals surface area contributed by atoms with Crippen LogP contribution in [-0.4, -0.2) is 84.2 Å². The molecular weight excluding hydrogens is 690 g/mol. The van der Waals surface area contributed by atoms with Crippen LogP contribution in [0.1, 0.15) is 40.5 Å². The number of Topliss-reactive ketones (excluding diaryl/α,β-unsaturated/α-hetero) is 1. The zero-order chi connectivity index (χ0) is 25.8. The number of carbonyl (C=O) groups is 3. The van der Waals surface area contributed by atoms with Gasteiger partial charge in [-0.25, -0.2) is 0 Å². The van der Waals surface area contributed by atoms with Crippen LogP contribution in [0.2, 0.25) is 5.82 Å². The van der Waals surface area contributed by atoms with Gasteiger partial charge in [0, 0.05) is 75.4 Å². The van der Waals surface area contributed by atoms with Crippen molar-refractivity contribution in [3.63, 3.8) is 0 Å². The molecule has 211 valence electrons. The van der Waals surface area contributed by atoms with Crippen molar-refractivity contribution in [3.05, 3.63) is 20.8 Å². The van der Waals surface area contributed by atoms with Crippen molar-refractivity contribution >= 4 is 25.6 Å². The SMILES string of the molecule is [B][C@H]1[CH-][C@H](OC)[C@@H](COC)C1.[CH2-]CC(=O)COC1OC(COC(C)=O)C(OC(C)=O)C(C)C1C.[CH3-].[V+2].[W]. The molecule has 1 saturated heterocycles. The van der Waals surface area contributed by atoms with Crippen LogP contribution in [-0.2, 0) is 82.4 Å². The van der Waals surface area contributed by atoms with Crippen LogP contribution in [0, 0.1) is 38.5 Å². The maximum atomic E-state index is 11.4. The molecule has 0 N–H and O–H groups in total. The maximum Gasteiger partial charge on any atom is 2.00 e. The van der Waals surface area contributed by atoms with Crippen molar-refractivity contribution in [1.82, 2.24) is 0 Å². The first-order valence-corrected chi connectivity index (χ1v) is 11.5. The molecule has 0 amide bonds. The number of hydrogen-bond donors (Lipinski definition) is 0. The van der Waals surface area contributed by atoms with Gasteiger partial charge in [-0.1, -0.05) is 26.4 Å². The van der Waals surface area contributed by atoms with Crippen LogP contribution in [0.5, 0.6) is 0 Å². The third-order valence-electron chi connectivity index (χ3n) is 6.02. The molecule has 5 unspecified atom stereocenters. The summed E-state index contributed by atoms with van der Waals surface area (Å²) < 4.78 is 31.9. The van der Waals surface area contributed by atoms with Crippen LogP contribution < -0.4 is 0 Å². The second-order valence-electron chi connectivity index (χ2n) is 8.75. The van der Waals surface area contributed by atoms with E-state index in [9.17, 15) is 14.4 Å². The summed E-state index contributed by atoms with van der Waals surface area (Å²) in [5.74, 6) is -0.589. The Hall–Kier alpha value is -0.212. The molecule has 0 aromatic carbocycles. The molecule has 2 rings (SSSR count). The fourth-order valence-corrected chi connectivity index (χ4v) is 4.02. The van der Waals surface area contributed by atoms with Crippen LogP contribution in [0.4, 0.5) is 0 Å². The number of ketones is 1. The molecule has 2 aliphatic rings. The number of ether oxygens (including phenoxy) is 6. The van der Waals surface area contributed by atoms with Crippen LogP contribution in [0.25, 0.3) is 0 Å². The molecule has 12 heteroatoms. The van der Waals surface area contributed by atoms with E-state index in [0.717, 1.165) is 13.0 Å². The van der Waals surface area contributed by atoms with Crippen molar-refractivity contribution in [1.29, 1.82) is 0 Å². The topological polar surface area (TPSA) is 107 Å². The first-order valence-electron chi connectivity index (χ1n) is 11.5. The first-order chi connectivity index (χ1) is 16.0. The number of hydrogen-bond acceptors (Lipinski definition) is 9. The molecule has 8 atom stereocenters. The molecule has 0 bridgehead atoms. The molecular formula is C25H42BO9VW-. The zero-order valence-electron chi connectivity index (χ0n) is 23.0. The first kappa shape index (κ1) is 41.3. The Morgan fingerprint density at radius 2 is 1.70 bits per heavy atom. The standard InChI is InChI=1S/C16H25O7.C8H14BO2.CH3.V.W/c1-6-13(19)7-21-16-10(3)9(2)15(22-12(5)18)14(23-16)8-20-11(4)17;1-10-5-6-3-7(9)4-8(6)11-2;;;/h9-10,14-16H,1,6-8H2,2-5H3;4,6-8H,3,5H2,1-2H3;1H3;;/q3*-1;+2;/t;6-,7-,8+;;;/m.1.../s1. The molecule has 1 saturated carbocycles. The van der Waals surface area contributed by atoms with E-state index in [4.69, 9.17) is 36.3 Å². The summed E-state index contributed by atoms with van der Waals surface area (Å²) >= 11 is 0. The normalized spacial score (nSPS) is 30.2. The Kier molecular flexibility index (Phi) is 24.1. The molecule has 0 aromatic rings. The third-order valence-corrected chi connectivity index (χ3v) is 6.02. The van der Waals surface area contributed by atoms with Crippen LogP contribution in [0.3, 0.4) is 0 Å². The van der Waals surface area contributed by atoms with Gasteiger partial charge in [0.1, 0.15) is 31.2 Å². The average Bonchev–Trinajstić information content (AvgIpc) is 3.15. The van der Waals surface area contributed by atoms with E-state index in [2.05, 4.69) is 6.92 Å². The van der Waals surface area contributed by atoms with Gasteiger partial charge in [-0.15, -0.1) is 6.42 Å². The van der Waals surface area contributed by atoms with Gasteiger partial charge < -0.3 is 54.0 Å². The predicted molar refractivity (Wildman–Crippen MR) is 131 cm³/mol. The van der Waals surface area contributed by atoms with E-state index >= 15 is 0 Å². The number of methoxy groups -OCH3 is 2. The molecule has 9 nitrogen and oxygen atoms in total. The summed E-state index contributed by atoms with van der Waals surface area (Å²) in [5.41, 5.74) is 0. The van der Waals surface area contributed by atoms with Gasteiger partial charge in [-0.3, -0.25) is 9.59 Å². The van der Waals surface area contributed by atoms with Crippen molar-refractivity contribution in [3.8, 4) is 0 Å². The Labute approximate surface area is 250 Å². The fourth-order valence-electron chi connectivity index (χ4n) is 4.02. The van der Waals surface area contributed by atoms with Crippen molar-refractivity contribution in [2.75, 3.05) is 34.0 Å². The smallest absolute Gasteiger partial charge is 0.463 e. The molecule has 0 spiro atoms. The van der Waals surface area contributed by atoms with Gasteiger partial charge >= 0.3 is 30.5 Å². The Morgan fingerprint density at radius 1 is 1.08 bits per heavy atom. The van der Waals surface area contributed by atoms with Gasteiger partial charge in [-0.05, 0) is 5.92 Å². The molecule has 2 fully saturated rings. The zero-order valence-corrected chi connectivity index (χ0v) is 27.4. The van der Waals surface area contributed by atoms with Gasteiger partial charge in [0.25, 0.3) is 0 Å². The van der Waals surface area contributed by atoms with Gasteiger partial charge in [0.2, 0.25) is 0 Å². The third kappa shape index (κ3) is 14.7. The Balaban J connectivity index is -0.000000702. The minimum Gasteiger partial charge on any atom is -0.463 e. The molecule has 1 aliphatic carbocycles. The molecule has 37 heavy (non-hydrogen) atoms. The van der Waals surface area contributed by atoms with Crippen LogP contribution in [0.15, 0.2) is 0 Å². The van der Waals surface area contributed by atoms with Crippen molar-refractivity contribution in [2.24, 2.45) is 17.8 Å². The fraction of sp³-hybridized carbons (Fsp3) is 0.760. The van der Waals surface area contributed by atoms with E-state index in [1.807, 2.05) is 20.3 Å². The van der Waals surface area contributed by atoms with Gasteiger partial charge in [0.15, 0.2) is 6.29 Å². The van der Waals surface area contributed by atoms with Gasteiger partial charge in [0.05, 0.1) is 0 Å². The minimum absolute atomic E-state index is 0. The van der Waals surface area contributed by atoms with Gasteiger partial charge in [-0.2, -0.15) is 5.82 Å². The predicted octanol–water partition coefficient (Wildman–Crippen LogP) is 2.56. The van der Waals surface area contributed by atoms with Crippen molar-refractivity contribution < 1.29 is 82.4 Å². The van der Waals surface area contributed by atoms with E-state index in [1.165, 1.54) is 13.8 Å². The summed E-state index contributed by atoms with van der Waals surface area (Å²) in [6.07, 6.45) is 1.51. The van der Waals surface area contributed by atoms with E-state index in [-0.39, 0.29) is 96.2 Å². The monoisotopic (exact) mass is 732 g/mol. The number of esters is 2. The van der Waals surface area contributed by atoms with E-state index in [1.54, 1.807) is 14.2 Å². The summed E-state index contributed by atoms with van der Waals surface area (Å²) in [4.78, 5) is 33.7. The quantitative estimate of drug-likeness (QED) is 0.191. The van der Waals surface area contributed by atoms with E-state index in [0.29, 0.717) is 5.92 Å². The average molecular weight is 732 g/mol. The molecule has 1 aliphatic heterocycles. The summed E-state index contributed by atoms with van der Waals surface area (Å²) in [6.45, 7) is 10.5. The molecule has 1 heterocycles. The van der Waals surface area contributed by atoms with Crippen LogP contribution >= 0.6 is 0 Å². The summed E-state index contributed by atoms with van der Waals surface area (Å²) in [7, 11) is 9.15. The Bertz CT molecular complexity index is 658. The van der Waals surface area contributed by atoms with Crippen molar-refractivity contribution in [2.45, 2.75) is 71.0 Å². The maximum absolute atomic E-state index is 11.4. The second-order valence-corrected chi connectivity index (χ2v) is 8.75. The number of rotatable bonds is 10. The molecule has 0 aromatic heterocycles. The number of carbonyl (C=O) groups excluding carboxylic acids is 3. The Morgan fingerprint density at radius 3 is 2.19 bits per heavy atom. The minimum atomic E-state index is -0.645.